The fourth-order valence-electron chi connectivity index (χ4n) is 1.34. The monoisotopic (exact) mass is 246 g/mol. The van der Waals surface area contributed by atoms with E-state index in [0.717, 1.165) is 20.4 Å². The molecule has 0 unspecified atom stereocenters. The Balaban J connectivity index is 2.18. The van der Waals surface area contributed by atoms with Gasteiger partial charge in [-0.3, -0.25) is 0 Å². The zero-order valence-electron chi connectivity index (χ0n) is 8.69. The van der Waals surface area contributed by atoms with Gasteiger partial charge >= 0.3 is 0 Å². The van der Waals surface area contributed by atoms with Crippen molar-refractivity contribution in [3.63, 3.8) is 0 Å². The maximum absolute atomic E-state index is 6.09. The summed E-state index contributed by atoms with van der Waals surface area (Å²) in [7, 11) is 0. The maximum atomic E-state index is 6.09. The van der Waals surface area contributed by atoms with Crippen LogP contribution in [0.4, 0.5) is 0 Å². The Bertz CT molecular complexity index is 491. The van der Waals surface area contributed by atoms with Crippen molar-refractivity contribution in [2.24, 2.45) is 0 Å². The van der Waals surface area contributed by atoms with Gasteiger partial charge in [-0.05, 0) is 17.7 Å². The number of halogens is 1. The standard InChI is InChI=1S/C14H11ClS/c1-11(12-7-3-2-4-8-12)16-14-10-6-5-9-13(14)15/h2-10H,1H2. The van der Waals surface area contributed by atoms with Crippen LogP contribution in [-0.4, -0.2) is 0 Å². The van der Waals surface area contributed by atoms with Crippen molar-refractivity contribution in [2.75, 3.05) is 0 Å². The summed E-state index contributed by atoms with van der Waals surface area (Å²) in [6.07, 6.45) is 0. The van der Waals surface area contributed by atoms with Gasteiger partial charge in [-0.1, -0.05) is 72.4 Å². The normalized spacial score (nSPS) is 10.1. The summed E-state index contributed by atoms with van der Waals surface area (Å²) in [5.74, 6) is 0. The minimum absolute atomic E-state index is 0.768. The molecular formula is C14H11ClS. The topological polar surface area (TPSA) is 0 Å². The molecule has 0 amide bonds. The van der Waals surface area contributed by atoms with E-state index < -0.39 is 0 Å². The van der Waals surface area contributed by atoms with Crippen molar-refractivity contribution in [3.05, 3.63) is 71.8 Å². The predicted molar refractivity (Wildman–Crippen MR) is 72.8 cm³/mol. The van der Waals surface area contributed by atoms with E-state index >= 15 is 0 Å². The highest BCUT2D eigenvalue weighted by molar-refractivity contribution is 8.08. The minimum atomic E-state index is 0.768. The highest BCUT2D eigenvalue weighted by Crippen LogP contribution is 2.36. The summed E-state index contributed by atoms with van der Waals surface area (Å²) < 4.78 is 0. The quantitative estimate of drug-likeness (QED) is 0.679. The Morgan fingerprint density at radius 3 is 2.25 bits per heavy atom. The summed E-state index contributed by atoms with van der Waals surface area (Å²) in [6.45, 7) is 4.07. The molecule has 16 heavy (non-hydrogen) atoms. The predicted octanol–water partition coefficient (Wildman–Crippen LogP) is 5.10. The van der Waals surface area contributed by atoms with Gasteiger partial charge in [-0.15, -0.1) is 0 Å². The molecule has 0 N–H and O–H groups in total. The molecule has 2 aromatic rings. The average Bonchev–Trinajstić information content (AvgIpc) is 2.33. The Morgan fingerprint density at radius 1 is 0.938 bits per heavy atom. The lowest BCUT2D eigenvalue weighted by Crippen LogP contribution is -1.78. The van der Waals surface area contributed by atoms with Gasteiger partial charge in [0, 0.05) is 9.80 Å². The molecule has 0 atom stereocenters. The SMILES string of the molecule is C=C(Sc1ccccc1Cl)c1ccccc1. The van der Waals surface area contributed by atoms with E-state index in [0.29, 0.717) is 0 Å². The van der Waals surface area contributed by atoms with Crippen LogP contribution >= 0.6 is 23.4 Å². The van der Waals surface area contributed by atoms with E-state index in [-0.39, 0.29) is 0 Å². The van der Waals surface area contributed by atoms with Gasteiger partial charge in [-0.2, -0.15) is 0 Å². The Labute approximate surface area is 105 Å². The van der Waals surface area contributed by atoms with E-state index in [9.17, 15) is 0 Å². The molecule has 0 spiro atoms. The van der Waals surface area contributed by atoms with Crippen LogP contribution in [0.1, 0.15) is 5.56 Å². The van der Waals surface area contributed by atoms with E-state index in [1.807, 2.05) is 54.6 Å². The molecule has 2 aromatic carbocycles. The van der Waals surface area contributed by atoms with Crippen LogP contribution in [0.25, 0.3) is 4.91 Å². The van der Waals surface area contributed by atoms with Crippen LogP contribution in [-0.2, 0) is 0 Å². The molecule has 0 heterocycles. The molecule has 0 saturated carbocycles. The largest absolute Gasteiger partial charge is 0.0885 e. The summed E-state index contributed by atoms with van der Waals surface area (Å²) in [5, 5.41) is 0.768. The molecule has 80 valence electrons. The molecule has 0 saturated heterocycles. The van der Waals surface area contributed by atoms with Crippen LogP contribution in [0, 0.1) is 0 Å². The molecular weight excluding hydrogens is 236 g/mol. The van der Waals surface area contributed by atoms with Crippen LogP contribution in [0.5, 0.6) is 0 Å². The van der Waals surface area contributed by atoms with E-state index in [1.54, 1.807) is 11.8 Å². The summed E-state index contributed by atoms with van der Waals surface area (Å²) in [6, 6.07) is 17.9. The second-order valence-electron chi connectivity index (χ2n) is 3.32. The number of hydrogen-bond donors (Lipinski definition) is 0. The molecule has 2 heteroatoms. The summed E-state index contributed by atoms with van der Waals surface area (Å²) >= 11 is 7.69. The van der Waals surface area contributed by atoms with Gasteiger partial charge in [-0.25, -0.2) is 0 Å². The molecule has 0 bridgehead atoms. The van der Waals surface area contributed by atoms with Crippen molar-refractivity contribution in [2.45, 2.75) is 4.90 Å². The van der Waals surface area contributed by atoms with Gasteiger partial charge < -0.3 is 0 Å². The van der Waals surface area contributed by atoms with E-state index in [1.165, 1.54) is 0 Å². The fourth-order valence-corrected chi connectivity index (χ4v) is 2.43. The molecule has 0 aliphatic rings. The molecule has 0 aliphatic heterocycles. The van der Waals surface area contributed by atoms with Crippen LogP contribution in [0.3, 0.4) is 0 Å². The highest BCUT2D eigenvalue weighted by Gasteiger charge is 2.03. The smallest absolute Gasteiger partial charge is 0.0545 e. The first kappa shape index (κ1) is 11.3. The molecule has 2 rings (SSSR count). The molecule has 0 aliphatic carbocycles. The molecule has 0 aromatic heterocycles. The van der Waals surface area contributed by atoms with Crippen LogP contribution < -0.4 is 0 Å². The third kappa shape index (κ3) is 2.69. The van der Waals surface area contributed by atoms with Crippen molar-refractivity contribution in [1.29, 1.82) is 0 Å². The van der Waals surface area contributed by atoms with Gasteiger partial charge in [0.2, 0.25) is 0 Å². The molecule has 0 radical (unpaired) electrons. The van der Waals surface area contributed by atoms with Gasteiger partial charge in [0.05, 0.1) is 5.02 Å². The van der Waals surface area contributed by atoms with Crippen LogP contribution in [0.15, 0.2) is 66.1 Å². The van der Waals surface area contributed by atoms with Crippen LogP contribution in [0.2, 0.25) is 5.02 Å². The Kier molecular flexibility index (Phi) is 3.70. The first-order chi connectivity index (χ1) is 7.77. The number of rotatable bonds is 3. The van der Waals surface area contributed by atoms with Gasteiger partial charge in [0.15, 0.2) is 0 Å². The zero-order valence-corrected chi connectivity index (χ0v) is 10.3. The first-order valence-electron chi connectivity index (χ1n) is 4.94. The van der Waals surface area contributed by atoms with E-state index in [4.69, 9.17) is 11.6 Å². The van der Waals surface area contributed by atoms with Crippen molar-refractivity contribution < 1.29 is 0 Å². The molecule has 0 nitrogen and oxygen atoms in total. The second-order valence-corrected chi connectivity index (χ2v) is 4.87. The second kappa shape index (κ2) is 5.24. The van der Waals surface area contributed by atoms with Crippen molar-refractivity contribution in [3.8, 4) is 0 Å². The van der Waals surface area contributed by atoms with Gasteiger partial charge in [0.1, 0.15) is 0 Å². The lowest BCUT2D eigenvalue weighted by molar-refractivity contribution is 1.47. The fraction of sp³-hybridized carbons (Fsp3) is 0. The lowest BCUT2D eigenvalue weighted by atomic mass is 10.2. The number of hydrogen-bond acceptors (Lipinski definition) is 1. The maximum Gasteiger partial charge on any atom is 0.0545 e. The van der Waals surface area contributed by atoms with E-state index in [2.05, 4.69) is 6.58 Å². The Morgan fingerprint density at radius 2 is 1.56 bits per heavy atom. The number of benzene rings is 2. The highest BCUT2D eigenvalue weighted by atomic mass is 35.5. The average molecular weight is 247 g/mol. The zero-order chi connectivity index (χ0) is 11.4. The van der Waals surface area contributed by atoms with Crippen molar-refractivity contribution in [1.82, 2.24) is 0 Å². The summed E-state index contributed by atoms with van der Waals surface area (Å²) in [5.41, 5.74) is 1.13. The Hall–Kier alpha value is -1.18. The van der Waals surface area contributed by atoms with Gasteiger partial charge in [0.25, 0.3) is 0 Å². The number of thioether (sulfide) groups is 1. The lowest BCUT2D eigenvalue weighted by Gasteiger charge is -2.06. The third-order valence-electron chi connectivity index (χ3n) is 2.17. The summed E-state index contributed by atoms with van der Waals surface area (Å²) in [4.78, 5) is 2.05. The minimum Gasteiger partial charge on any atom is -0.0885 e. The first-order valence-corrected chi connectivity index (χ1v) is 6.13. The molecule has 0 fully saturated rings. The van der Waals surface area contributed by atoms with Crippen molar-refractivity contribution >= 4 is 28.3 Å². The third-order valence-corrected chi connectivity index (χ3v) is 3.67.